The van der Waals surface area contributed by atoms with E-state index in [1.807, 2.05) is 24.1 Å². The van der Waals surface area contributed by atoms with Crippen LogP contribution in [0.1, 0.15) is 24.2 Å². The average Bonchev–Trinajstić information content (AvgIpc) is 3.03. The number of aryl methyl sites for hydroxylation is 3. The smallest absolute Gasteiger partial charge is 0.250 e. The number of rotatable bonds is 6. The largest absolute Gasteiger partial charge is 0.375 e. The third kappa shape index (κ3) is 4.99. The highest BCUT2D eigenvalue weighted by atomic mass is 16.5. The zero-order valence-corrected chi connectivity index (χ0v) is 14.4. The highest BCUT2D eigenvalue weighted by molar-refractivity contribution is 5.76. The number of amides is 1. The number of carbonyl (C=O) groups is 1. The first kappa shape index (κ1) is 17.3. The standard InChI is InChI=1S/C17H23N5O3/c1-13-4-6-22(20-13)7-5-17(24)21-8-9-25-15(11-21)3-2-14-10-16(23)19-12-18-14/h4,6,10,12,15H,2-3,5,7-9,11H2,1H3,(H,18,19,23). The van der Waals surface area contributed by atoms with Crippen LogP contribution in [0.5, 0.6) is 0 Å². The molecule has 1 fully saturated rings. The summed E-state index contributed by atoms with van der Waals surface area (Å²) in [4.78, 5) is 32.2. The summed E-state index contributed by atoms with van der Waals surface area (Å²) < 4.78 is 7.55. The van der Waals surface area contributed by atoms with E-state index >= 15 is 0 Å². The summed E-state index contributed by atoms with van der Waals surface area (Å²) in [5.41, 5.74) is 1.54. The van der Waals surface area contributed by atoms with Crippen molar-refractivity contribution in [1.29, 1.82) is 0 Å². The molecule has 3 rings (SSSR count). The zero-order valence-electron chi connectivity index (χ0n) is 14.4. The van der Waals surface area contributed by atoms with E-state index in [9.17, 15) is 9.59 Å². The maximum atomic E-state index is 12.4. The van der Waals surface area contributed by atoms with E-state index in [2.05, 4.69) is 15.1 Å². The molecule has 2 aromatic rings. The summed E-state index contributed by atoms with van der Waals surface area (Å²) in [7, 11) is 0. The second-order valence-corrected chi connectivity index (χ2v) is 6.24. The molecule has 8 nitrogen and oxygen atoms in total. The molecule has 1 N–H and O–H groups in total. The Morgan fingerprint density at radius 3 is 3.12 bits per heavy atom. The summed E-state index contributed by atoms with van der Waals surface area (Å²) in [6, 6.07) is 3.43. The molecule has 25 heavy (non-hydrogen) atoms. The molecule has 1 atom stereocenters. The molecule has 0 aromatic carbocycles. The SMILES string of the molecule is Cc1ccn(CCC(=O)N2CCOC(CCc3cc(=O)[nH]cn3)C2)n1. The minimum atomic E-state index is -0.153. The van der Waals surface area contributed by atoms with Gasteiger partial charge in [-0.25, -0.2) is 4.98 Å². The Bertz CT molecular complexity index is 769. The fraction of sp³-hybridized carbons (Fsp3) is 0.529. The highest BCUT2D eigenvalue weighted by Crippen LogP contribution is 2.12. The molecular weight excluding hydrogens is 322 g/mol. The Balaban J connectivity index is 1.46. The molecular formula is C17H23N5O3. The minimum Gasteiger partial charge on any atom is -0.375 e. The number of morpholine rings is 1. The van der Waals surface area contributed by atoms with Gasteiger partial charge in [0, 0.05) is 44.0 Å². The summed E-state index contributed by atoms with van der Waals surface area (Å²) in [6.45, 7) is 4.27. The van der Waals surface area contributed by atoms with Gasteiger partial charge in [-0.05, 0) is 25.8 Å². The average molecular weight is 345 g/mol. The maximum absolute atomic E-state index is 12.4. The van der Waals surface area contributed by atoms with Gasteiger partial charge < -0.3 is 14.6 Å². The zero-order chi connectivity index (χ0) is 17.6. The molecule has 1 unspecified atom stereocenters. The fourth-order valence-electron chi connectivity index (χ4n) is 2.93. The molecule has 1 aliphatic heterocycles. The molecule has 2 aromatic heterocycles. The van der Waals surface area contributed by atoms with Crippen molar-refractivity contribution in [3.05, 3.63) is 46.4 Å². The Hall–Kier alpha value is -2.48. The van der Waals surface area contributed by atoms with Crippen LogP contribution in [0.3, 0.4) is 0 Å². The molecule has 0 aliphatic carbocycles. The van der Waals surface area contributed by atoms with Crippen LogP contribution in [0.25, 0.3) is 0 Å². The molecule has 8 heteroatoms. The Morgan fingerprint density at radius 2 is 2.36 bits per heavy atom. The minimum absolute atomic E-state index is 0.0225. The Labute approximate surface area is 145 Å². The van der Waals surface area contributed by atoms with Crippen molar-refractivity contribution in [2.24, 2.45) is 0 Å². The fourth-order valence-corrected chi connectivity index (χ4v) is 2.93. The van der Waals surface area contributed by atoms with Gasteiger partial charge in [0.15, 0.2) is 0 Å². The molecule has 0 radical (unpaired) electrons. The van der Waals surface area contributed by atoms with Crippen LogP contribution in [0.4, 0.5) is 0 Å². The van der Waals surface area contributed by atoms with Crippen molar-refractivity contribution in [3.63, 3.8) is 0 Å². The summed E-state index contributed by atoms with van der Waals surface area (Å²) in [5.74, 6) is 0.121. The topological polar surface area (TPSA) is 93.1 Å². The van der Waals surface area contributed by atoms with Gasteiger partial charge in [0.25, 0.3) is 5.56 Å². The van der Waals surface area contributed by atoms with E-state index in [0.717, 1.165) is 17.8 Å². The molecule has 1 aliphatic rings. The van der Waals surface area contributed by atoms with Crippen molar-refractivity contribution < 1.29 is 9.53 Å². The number of carbonyl (C=O) groups excluding carboxylic acids is 1. The van der Waals surface area contributed by atoms with Crippen molar-refractivity contribution in [2.75, 3.05) is 19.7 Å². The van der Waals surface area contributed by atoms with Crippen molar-refractivity contribution in [1.82, 2.24) is 24.6 Å². The number of ether oxygens (including phenoxy) is 1. The predicted octanol–water partition coefficient (Wildman–Crippen LogP) is 0.525. The van der Waals surface area contributed by atoms with E-state index in [1.54, 1.807) is 4.68 Å². The second kappa shape index (κ2) is 8.06. The summed E-state index contributed by atoms with van der Waals surface area (Å²) in [5, 5.41) is 4.30. The van der Waals surface area contributed by atoms with Crippen LogP contribution in [0.15, 0.2) is 29.5 Å². The third-order valence-electron chi connectivity index (χ3n) is 4.28. The number of aromatic nitrogens is 4. The van der Waals surface area contributed by atoms with Crippen molar-refractivity contribution >= 4 is 5.91 Å². The monoisotopic (exact) mass is 345 g/mol. The second-order valence-electron chi connectivity index (χ2n) is 6.24. The lowest BCUT2D eigenvalue weighted by Crippen LogP contribution is -2.46. The van der Waals surface area contributed by atoms with Crippen LogP contribution in [-0.4, -0.2) is 56.4 Å². The maximum Gasteiger partial charge on any atom is 0.250 e. The van der Waals surface area contributed by atoms with E-state index in [1.165, 1.54) is 12.4 Å². The van der Waals surface area contributed by atoms with Crippen LogP contribution < -0.4 is 5.56 Å². The van der Waals surface area contributed by atoms with Crippen molar-refractivity contribution in [3.8, 4) is 0 Å². The van der Waals surface area contributed by atoms with Crippen LogP contribution in [-0.2, 0) is 22.5 Å². The third-order valence-corrected chi connectivity index (χ3v) is 4.28. The van der Waals surface area contributed by atoms with E-state index in [4.69, 9.17) is 4.74 Å². The molecule has 1 amide bonds. The lowest BCUT2D eigenvalue weighted by Gasteiger charge is -2.33. The number of hydrogen-bond donors (Lipinski definition) is 1. The molecule has 1 saturated heterocycles. The number of nitrogens with one attached hydrogen (secondary N) is 1. The number of H-pyrrole nitrogens is 1. The van der Waals surface area contributed by atoms with Crippen molar-refractivity contribution in [2.45, 2.75) is 38.8 Å². The van der Waals surface area contributed by atoms with E-state index in [0.29, 0.717) is 39.1 Å². The lowest BCUT2D eigenvalue weighted by molar-refractivity contribution is -0.139. The van der Waals surface area contributed by atoms with Gasteiger partial charge in [-0.15, -0.1) is 0 Å². The van der Waals surface area contributed by atoms with Gasteiger partial charge in [-0.1, -0.05) is 0 Å². The van der Waals surface area contributed by atoms with Crippen LogP contribution in [0.2, 0.25) is 0 Å². The molecule has 0 bridgehead atoms. The lowest BCUT2D eigenvalue weighted by atomic mass is 10.1. The first-order valence-electron chi connectivity index (χ1n) is 8.53. The number of hydrogen-bond acceptors (Lipinski definition) is 5. The molecule has 0 spiro atoms. The highest BCUT2D eigenvalue weighted by Gasteiger charge is 2.24. The summed E-state index contributed by atoms with van der Waals surface area (Å²) in [6.07, 6.45) is 5.10. The Kier molecular flexibility index (Phi) is 5.60. The summed E-state index contributed by atoms with van der Waals surface area (Å²) >= 11 is 0. The normalized spacial score (nSPS) is 17.6. The van der Waals surface area contributed by atoms with Gasteiger partial charge in [0.2, 0.25) is 5.91 Å². The van der Waals surface area contributed by atoms with Gasteiger partial charge in [0.05, 0.1) is 24.7 Å². The molecule has 0 saturated carbocycles. The Morgan fingerprint density at radius 1 is 1.48 bits per heavy atom. The van der Waals surface area contributed by atoms with E-state index in [-0.39, 0.29) is 17.6 Å². The first-order chi connectivity index (χ1) is 12.1. The van der Waals surface area contributed by atoms with Gasteiger partial charge >= 0.3 is 0 Å². The van der Waals surface area contributed by atoms with Gasteiger partial charge in [0.1, 0.15) is 0 Å². The first-order valence-corrected chi connectivity index (χ1v) is 8.53. The number of aromatic amines is 1. The van der Waals surface area contributed by atoms with Gasteiger partial charge in [-0.3, -0.25) is 14.3 Å². The molecule has 134 valence electrons. The van der Waals surface area contributed by atoms with Crippen LogP contribution >= 0.6 is 0 Å². The quantitative estimate of drug-likeness (QED) is 0.824. The number of nitrogens with zero attached hydrogens (tertiary/aromatic N) is 4. The van der Waals surface area contributed by atoms with Crippen LogP contribution in [0, 0.1) is 6.92 Å². The predicted molar refractivity (Wildman–Crippen MR) is 91.1 cm³/mol. The van der Waals surface area contributed by atoms with Gasteiger partial charge in [-0.2, -0.15) is 5.10 Å². The van der Waals surface area contributed by atoms with E-state index < -0.39 is 0 Å². The molecule has 3 heterocycles.